The van der Waals surface area contributed by atoms with Crippen LogP contribution in [0.4, 0.5) is 5.82 Å². The number of piperidine rings is 1. The van der Waals surface area contributed by atoms with Gasteiger partial charge >= 0.3 is 0 Å². The monoisotopic (exact) mass is 379 g/mol. The van der Waals surface area contributed by atoms with Crippen molar-refractivity contribution in [3.8, 4) is 11.1 Å². The van der Waals surface area contributed by atoms with Gasteiger partial charge in [-0.2, -0.15) is 5.10 Å². The minimum absolute atomic E-state index is 0.480. The molecule has 0 aliphatic carbocycles. The van der Waals surface area contributed by atoms with E-state index in [-0.39, 0.29) is 0 Å². The third-order valence-corrected chi connectivity index (χ3v) is 5.85. The third-order valence-electron chi connectivity index (χ3n) is 5.39. The van der Waals surface area contributed by atoms with E-state index in [0.29, 0.717) is 5.92 Å². The van der Waals surface area contributed by atoms with E-state index in [1.54, 1.807) is 0 Å². The maximum absolute atomic E-state index is 4.79. The van der Waals surface area contributed by atoms with Crippen LogP contribution in [0.5, 0.6) is 0 Å². The molecule has 0 amide bonds. The second kappa shape index (κ2) is 7.37. The molecule has 4 rings (SSSR count). The minimum atomic E-state index is 0.480. The number of rotatable bonds is 4. The number of aromatic nitrogens is 3. The predicted octanol–water partition coefficient (Wildman–Crippen LogP) is 4.19. The summed E-state index contributed by atoms with van der Waals surface area (Å²) in [5.41, 5.74) is 3.25. The molecule has 6 heteroatoms. The van der Waals surface area contributed by atoms with E-state index in [9.17, 15) is 0 Å². The summed E-state index contributed by atoms with van der Waals surface area (Å²) in [4.78, 5) is 7.80. The third kappa shape index (κ3) is 3.73. The number of pyridine rings is 1. The fourth-order valence-corrected chi connectivity index (χ4v) is 3.96. The van der Waals surface area contributed by atoms with Crippen LogP contribution in [0.1, 0.15) is 12.8 Å². The first-order valence-corrected chi connectivity index (χ1v) is 9.71. The summed E-state index contributed by atoms with van der Waals surface area (Å²) in [5.74, 6) is 1.26. The van der Waals surface area contributed by atoms with Gasteiger partial charge in [0.1, 0.15) is 5.82 Å². The molecular weight excluding hydrogens is 354 g/mol. The summed E-state index contributed by atoms with van der Waals surface area (Å²) >= 11 is 4.79. The molecule has 0 unspecified atom stereocenters. The first kappa shape index (κ1) is 18.1. The van der Waals surface area contributed by atoms with Crippen LogP contribution in [0.3, 0.4) is 0 Å². The van der Waals surface area contributed by atoms with E-state index in [2.05, 4.69) is 52.1 Å². The molecule has 1 aromatic carbocycles. The second-order valence-electron chi connectivity index (χ2n) is 7.39. The van der Waals surface area contributed by atoms with Crippen LogP contribution in [0.2, 0.25) is 0 Å². The summed E-state index contributed by atoms with van der Waals surface area (Å²) < 4.78 is 1.81. The molecule has 1 N–H and O–H groups in total. The van der Waals surface area contributed by atoms with Crippen molar-refractivity contribution in [3.63, 3.8) is 0 Å². The lowest BCUT2D eigenvalue weighted by Crippen LogP contribution is -2.32. The summed E-state index contributed by atoms with van der Waals surface area (Å²) in [6.45, 7) is 6.49. The molecule has 0 saturated carbocycles. The van der Waals surface area contributed by atoms with Crippen molar-refractivity contribution in [2.75, 3.05) is 25.5 Å². The van der Waals surface area contributed by atoms with Gasteiger partial charge < -0.3 is 10.2 Å². The Morgan fingerprint density at radius 1 is 1.19 bits per heavy atom. The van der Waals surface area contributed by atoms with Crippen molar-refractivity contribution < 1.29 is 0 Å². The topological polar surface area (TPSA) is 46.0 Å². The largest absolute Gasteiger partial charge is 0.343 e. The number of aryl methyl sites for hydroxylation is 1. The molecule has 5 nitrogen and oxygen atoms in total. The van der Waals surface area contributed by atoms with Gasteiger partial charge in [-0.25, -0.2) is 4.98 Å². The fourth-order valence-electron chi connectivity index (χ4n) is 3.65. The molecule has 0 radical (unpaired) electrons. The van der Waals surface area contributed by atoms with Crippen LogP contribution >= 0.6 is 12.6 Å². The van der Waals surface area contributed by atoms with Gasteiger partial charge in [-0.1, -0.05) is 18.7 Å². The van der Waals surface area contributed by atoms with Crippen LogP contribution in [0.15, 0.2) is 54.0 Å². The lowest BCUT2D eigenvalue weighted by molar-refractivity contribution is 0.239. The lowest BCUT2D eigenvalue weighted by Gasteiger charge is -2.30. The van der Waals surface area contributed by atoms with Crippen molar-refractivity contribution in [1.82, 2.24) is 19.7 Å². The van der Waals surface area contributed by atoms with Crippen molar-refractivity contribution in [1.29, 1.82) is 0 Å². The zero-order chi connectivity index (χ0) is 19.0. The van der Waals surface area contributed by atoms with Crippen molar-refractivity contribution in [3.05, 3.63) is 49.1 Å². The Hall–Kier alpha value is -2.31. The Morgan fingerprint density at radius 2 is 1.96 bits per heavy atom. The van der Waals surface area contributed by atoms with E-state index in [0.717, 1.165) is 64.2 Å². The summed E-state index contributed by atoms with van der Waals surface area (Å²) in [7, 11) is 4.10. The average molecular weight is 380 g/mol. The molecule has 0 bridgehead atoms. The van der Waals surface area contributed by atoms with Crippen LogP contribution in [-0.2, 0) is 7.05 Å². The molecule has 27 heavy (non-hydrogen) atoms. The number of allylic oxidation sites excluding steroid dienone is 1. The van der Waals surface area contributed by atoms with E-state index < -0.39 is 0 Å². The first-order valence-electron chi connectivity index (χ1n) is 9.26. The Kier molecular flexibility index (Phi) is 4.93. The highest BCUT2D eigenvalue weighted by molar-refractivity contribution is 7.80. The average Bonchev–Trinajstić information content (AvgIpc) is 3.11. The molecule has 0 atom stereocenters. The normalized spacial score (nSPS) is 16.0. The zero-order valence-electron chi connectivity index (χ0n) is 15.8. The molecule has 1 aliphatic heterocycles. The number of hydrogen-bond donors (Lipinski definition) is 2. The molecule has 3 heterocycles. The maximum atomic E-state index is 4.79. The van der Waals surface area contributed by atoms with Gasteiger partial charge in [0, 0.05) is 47.4 Å². The highest BCUT2D eigenvalue weighted by Gasteiger charge is 2.20. The van der Waals surface area contributed by atoms with Gasteiger partial charge in [0.25, 0.3) is 0 Å². The number of fused-ring (bicyclic) bond motifs is 1. The lowest BCUT2D eigenvalue weighted by atomic mass is 9.94. The second-order valence-corrected chi connectivity index (χ2v) is 7.84. The number of nitrogens with one attached hydrogen (secondary N) is 1. The molecule has 0 spiro atoms. The maximum Gasteiger partial charge on any atom is 0.144 e. The van der Waals surface area contributed by atoms with E-state index >= 15 is 0 Å². The van der Waals surface area contributed by atoms with Gasteiger partial charge in [0.15, 0.2) is 0 Å². The van der Waals surface area contributed by atoms with Gasteiger partial charge in [-0.05, 0) is 44.6 Å². The molecule has 3 aromatic rings. The van der Waals surface area contributed by atoms with Crippen LogP contribution < -0.4 is 5.32 Å². The first-order chi connectivity index (χ1) is 13.0. The number of nitrogens with zero attached hydrogens (tertiary/aromatic N) is 4. The quantitative estimate of drug-likeness (QED) is 0.667. The summed E-state index contributed by atoms with van der Waals surface area (Å²) in [6, 6.07) is 6.33. The Morgan fingerprint density at radius 3 is 2.67 bits per heavy atom. The van der Waals surface area contributed by atoms with E-state index in [1.165, 1.54) is 0 Å². The highest BCUT2D eigenvalue weighted by atomic mass is 32.1. The Labute approximate surface area is 165 Å². The number of benzene rings is 1. The molecule has 1 fully saturated rings. The van der Waals surface area contributed by atoms with Gasteiger partial charge in [0.2, 0.25) is 0 Å². The molecular formula is C21H25N5S. The standard InChI is InChI=1S/C21H25N5S/c1-14(15-6-8-25(2)9-7-15)24-21-20(27)19-10-16(4-5-17(19)11-22-21)18-12-23-26(3)13-18/h4-5,10-13,15,27H,1,6-9H2,2-3H3,(H,22,24). The van der Waals surface area contributed by atoms with Crippen molar-refractivity contribution in [2.24, 2.45) is 13.0 Å². The number of likely N-dealkylation sites (tertiary alicyclic amines) is 1. The number of anilines is 1. The van der Waals surface area contributed by atoms with E-state index in [1.807, 2.05) is 30.3 Å². The zero-order valence-corrected chi connectivity index (χ0v) is 16.7. The molecule has 1 saturated heterocycles. The summed E-state index contributed by atoms with van der Waals surface area (Å²) in [5, 5.41) is 9.85. The smallest absolute Gasteiger partial charge is 0.144 e. The predicted molar refractivity (Wildman–Crippen MR) is 114 cm³/mol. The Balaban J connectivity index is 1.61. The fraction of sp³-hybridized carbons (Fsp3) is 0.333. The molecule has 2 aromatic heterocycles. The molecule has 140 valence electrons. The SMILES string of the molecule is C=C(Nc1ncc2ccc(-c3cnn(C)c3)cc2c1S)C1CCN(C)CC1. The van der Waals surface area contributed by atoms with Gasteiger partial charge in [0.05, 0.1) is 11.1 Å². The van der Waals surface area contributed by atoms with Crippen LogP contribution in [-0.4, -0.2) is 39.8 Å². The van der Waals surface area contributed by atoms with Crippen LogP contribution in [0.25, 0.3) is 21.9 Å². The summed E-state index contributed by atoms with van der Waals surface area (Å²) in [6.07, 6.45) is 8.04. The van der Waals surface area contributed by atoms with Crippen LogP contribution in [0, 0.1) is 5.92 Å². The minimum Gasteiger partial charge on any atom is -0.343 e. The number of hydrogen-bond acceptors (Lipinski definition) is 5. The van der Waals surface area contributed by atoms with Gasteiger partial charge in [-0.15, -0.1) is 12.6 Å². The number of thiol groups is 1. The van der Waals surface area contributed by atoms with E-state index in [4.69, 9.17) is 12.6 Å². The molecule has 1 aliphatic rings. The highest BCUT2D eigenvalue weighted by Crippen LogP contribution is 2.33. The Bertz CT molecular complexity index is 985. The van der Waals surface area contributed by atoms with Crippen molar-refractivity contribution in [2.45, 2.75) is 17.7 Å². The van der Waals surface area contributed by atoms with Crippen molar-refractivity contribution >= 4 is 29.2 Å². The van der Waals surface area contributed by atoms with Gasteiger partial charge in [-0.3, -0.25) is 4.68 Å².